The highest BCUT2D eigenvalue weighted by Crippen LogP contribution is 2.30. The Morgan fingerprint density at radius 3 is 2.81 bits per heavy atom. The maximum atomic E-state index is 9.66. The normalized spacial score (nSPS) is 10.7. The van der Waals surface area contributed by atoms with E-state index in [1.807, 2.05) is 6.92 Å². The number of phenolic OH excluding ortho intramolecular Hbond substituents is 1. The highest BCUT2D eigenvalue weighted by molar-refractivity contribution is 6.35. The number of hydrogen-bond acceptors (Lipinski definition) is 3. The third-order valence-corrected chi connectivity index (χ3v) is 2.56. The van der Waals surface area contributed by atoms with Crippen LogP contribution in [0.3, 0.4) is 0 Å². The number of halogens is 2. The minimum absolute atomic E-state index is 0.0787. The van der Waals surface area contributed by atoms with Gasteiger partial charge < -0.3 is 15.2 Å². The molecule has 0 aliphatic rings. The van der Waals surface area contributed by atoms with Crippen molar-refractivity contribution in [2.24, 2.45) is 0 Å². The Kier molecular flexibility index (Phi) is 5.91. The Morgan fingerprint density at radius 2 is 2.12 bits per heavy atom. The number of benzene rings is 1. The minimum Gasteiger partial charge on any atom is -0.506 e. The summed E-state index contributed by atoms with van der Waals surface area (Å²) in [4.78, 5) is 0. The molecule has 0 amide bonds. The second-order valence-corrected chi connectivity index (χ2v) is 4.11. The molecule has 0 aromatic heterocycles. The molecular formula is C11H15Cl2NO2. The van der Waals surface area contributed by atoms with Crippen LogP contribution in [0.15, 0.2) is 12.1 Å². The third kappa shape index (κ3) is 4.18. The maximum Gasteiger partial charge on any atom is 0.138 e. The van der Waals surface area contributed by atoms with Crippen LogP contribution in [0.4, 0.5) is 0 Å². The number of ether oxygens (including phenoxy) is 1. The van der Waals surface area contributed by atoms with Crippen LogP contribution in [-0.4, -0.2) is 24.9 Å². The fourth-order valence-corrected chi connectivity index (χ4v) is 1.80. The second kappa shape index (κ2) is 6.97. The zero-order valence-electron chi connectivity index (χ0n) is 9.09. The molecule has 0 bridgehead atoms. The van der Waals surface area contributed by atoms with E-state index < -0.39 is 0 Å². The van der Waals surface area contributed by atoms with E-state index in [-0.39, 0.29) is 10.8 Å². The Morgan fingerprint density at radius 1 is 1.38 bits per heavy atom. The molecule has 0 unspecified atom stereocenters. The van der Waals surface area contributed by atoms with Gasteiger partial charge in [0, 0.05) is 30.3 Å². The lowest BCUT2D eigenvalue weighted by Crippen LogP contribution is -2.19. The molecule has 1 aromatic rings. The first kappa shape index (κ1) is 13.6. The quantitative estimate of drug-likeness (QED) is 0.776. The van der Waals surface area contributed by atoms with E-state index in [4.69, 9.17) is 27.9 Å². The van der Waals surface area contributed by atoms with Gasteiger partial charge in [-0.2, -0.15) is 0 Å². The van der Waals surface area contributed by atoms with E-state index in [0.29, 0.717) is 30.3 Å². The first-order chi connectivity index (χ1) is 7.65. The Bertz CT molecular complexity index is 345. The van der Waals surface area contributed by atoms with Crippen molar-refractivity contribution in [1.29, 1.82) is 0 Å². The first-order valence-electron chi connectivity index (χ1n) is 5.10. The van der Waals surface area contributed by atoms with E-state index >= 15 is 0 Å². The molecule has 0 saturated carbocycles. The molecule has 1 rings (SSSR count). The number of nitrogens with one attached hydrogen (secondary N) is 1. The van der Waals surface area contributed by atoms with Crippen molar-refractivity contribution in [3.63, 3.8) is 0 Å². The fraction of sp³-hybridized carbons (Fsp3) is 0.455. The van der Waals surface area contributed by atoms with Crippen LogP contribution in [0.2, 0.25) is 10.0 Å². The fourth-order valence-electron chi connectivity index (χ4n) is 1.27. The van der Waals surface area contributed by atoms with Gasteiger partial charge in [-0.05, 0) is 19.1 Å². The van der Waals surface area contributed by atoms with Crippen LogP contribution in [0.25, 0.3) is 0 Å². The van der Waals surface area contributed by atoms with Crippen LogP contribution < -0.4 is 5.32 Å². The zero-order chi connectivity index (χ0) is 12.0. The number of rotatable bonds is 6. The summed E-state index contributed by atoms with van der Waals surface area (Å²) in [6.45, 7) is 4.53. The zero-order valence-corrected chi connectivity index (χ0v) is 10.6. The Balaban J connectivity index is 2.47. The van der Waals surface area contributed by atoms with Crippen LogP contribution >= 0.6 is 23.2 Å². The molecule has 0 radical (unpaired) electrons. The monoisotopic (exact) mass is 263 g/mol. The summed E-state index contributed by atoms with van der Waals surface area (Å²) < 4.78 is 5.17. The van der Waals surface area contributed by atoms with Gasteiger partial charge in [0.15, 0.2) is 0 Å². The standard InChI is InChI=1S/C11H15Cl2NO2/c1-2-16-4-3-14-7-8-5-9(12)6-10(13)11(8)15/h5-6,14-15H,2-4,7H2,1H3. The molecule has 0 aliphatic heterocycles. The van der Waals surface area contributed by atoms with Crippen LogP contribution in [-0.2, 0) is 11.3 Å². The van der Waals surface area contributed by atoms with Gasteiger partial charge in [0.1, 0.15) is 5.75 Å². The molecule has 1 aromatic carbocycles. The lowest BCUT2D eigenvalue weighted by Gasteiger charge is -2.08. The number of phenols is 1. The van der Waals surface area contributed by atoms with Crippen LogP contribution in [0, 0.1) is 0 Å². The molecule has 0 saturated heterocycles. The molecule has 90 valence electrons. The van der Waals surface area contributed by atoms with E-state index in [2.05, 4.69) is 5.32 Å². The van der Waals surface area contributed by atoms with E-state index in [1.54, 1.807) is 6.07 Å². The molecule has 0 aliphatic carbocycles. The third-order valence-electron chi connectivity index (χ3n) is 2.05. The SMILES string of the molecule is CCOCCNCc1cc(Cl)cc(Cl)c1O. The number of hydrogen-bond donors (Lipinski definition) is 2. The van der Waals surface area contributed by atoms with Crippen molar-refractivity contribution in [2.75, 3.05) is 19.8 Å². The maximum absolute atomic E-state index is 9.66. The van der Waals surface area contributed by atoms with E-state index in [0.717, 1.165) is 6.54 Å². The lowest BCUT2D eigenvalue weighted by molar-refractivity contribution is 0.149. The van der Waals surface area contributed by atoms with Gasteiger partial charge in [-0.15, -0.1) is 0 Å². The summed E-state index contributed by atoms with van der Waals surface area (Å²) in [6, 6.07) is 3.21. The largest absolute Gasteiger partial charge is 0.506 e. The molecule has 5 heteroatoms. The summed E-state index contributed by atoms with van der Waals surface area (Å²) in [5.41, 5.74) is 0.689. The summed E-state index contributed by atoms with van der Waals surface area (Å²) in [6.07, 6.45) is 0. The molecule has 0 fully saturated rings. The second-order valence-electron chi connectivity index (χ2n) is 3.27. The Hall–Kier alpha value is -0.480. The molecule has 0 spiro atoms. The van der Waals surface area contributed by atoms with Gasteiger partial charge in [-0.3, -0.25) is 0 Å². The lowest BCUT2D eigenvalue weighted by atomic mass is 10.2. The van der Waals surface area contributed by atoms with Crippen LogP contribution in [0.5, 0.6) is 5.75 Å². The minimum atomic E-state index is 0.0787. The van der Waals surface area contributed by atoms with Crippen LogP contribution in [0.1, 0.15) is 12.5 Å². The van der Waals surface area contributed by atoms with Gasteiger partial charge in [0.05, 0.1) is 11.6 Å². The smallest absolute Gasteiger partial charge is 0.138 e. The van der Waals surface area contributed by atoms with Gasteiger partial charge >= 0.3 is 0 Å². The van der Waals surface area contributed by atoms with Gasteiger partial charge in [-0.25, -0.2) is 0 Å². The van der Waals surface area contributed by atoms with Crippen molar-refractivity contribution >= 4 is 23.2 Å². The molecule has 3 nitrogen and oxygen atoms in total. The highest BCUT2D eigenvalue weighted by atomic mass is 35.5. The summed E-state index contributed by atoms with van der Waals surface area (Å²) in [7, 11) is 0. The van der Waals surface area contributed by atoms with Crippen molar-refractivity contribution in [3.05, 3.63) is 27.7 Å². The van der Waals surface area contributed by atoms with E-state index in [1.165, 1.54) is 6.07 Å². The van der Waals surface area contributed by atoms with E-state index in [9.17, 15) is 5.11 Å². The van der Waals surface area contributed by atoms with Gasteiger partial charge in [0.25, 0.3) is 0 Å². The average molecular weight is 264 g/mol. The molecule has 16 heavy (non-hydrogen) atoms. The van der Waals surface area contributed by atoms with Gasteiger partial charge in [-0.1, -0.05) is 23.2 Å². The molecule has 0 heterocycles. The molecular weight excluding hydrogens is 249 g/mol. The highest BCUT2D eigenvalue weighted by Gasteiger charge is 2.07. The number of aromatic hydroxyl groups is 1. The molecule has 2 N–H and O–H groups in total. The summed E-state index contributed by atoms with van der Waals surface area (Å²) in [5.74, 6) is 0.0787. The Labute approximate surface area is 105 Å². The topological polar surface area (TPSA) is 41.5 Å². The van der Waals surface area contributed by atoms with Crippen molar-refractivity contribution in [2.45, 2.75) is 13.5 Å². The van der Waals surface area contributed by atoms with Gasteiger partial charge in [0.2, 0.25) is 0 Å². The van der Waals surface area contributed by atoms with Crippen molar-refractivity contribution < 1.29 is 9.84 Å². The summed E-state index contributed by atoms with van der Waals surface area (Å²) in [5, 5.41) is 13.6. The van der Waals surface area contributed by atoms with Crippen molar-refractivity contribution in [3.8, 4) is 5.75 Å². The predicted octanol–water partition coefficient (Wildman–Crippen LogP) is 2.83. The average Bonchev–Trinajstić information content (AvgIpc) is 2.24. The van der Waals surface area contributed by atoms with Crippen molar-refractivity contribution in [1.82, 2.24) is 5.32 Å². The first-order valence-corrected chi connectivity index (χ1v) is 5.86. The predicted molar refractivity (Wildman–Crippen MR) is 66.3 cm³/mol. The summed E-state index contributed by atoms with van der Waals surface area (Å²) >= 11 is 11.6. The molecule has 0 atom stereocenters.